The molecule has 1 amide bonds. The monoisotopic (exact) mass is 350 g/mol. The predicted octanol–water partition coefficient (Wildman–Crippen LogP) is 2.87. The summed E-state index contributed by atoms with van der Waals surface area (Å²) in [5, 5.41) is 6.50. The molecule has 2 N–H and O–H groups in total. The predicted molar refractivity (Wildman–Crippen MR) is 99.0 cm³/mol. The van der Waals surface area contributed by atoms with Gasteiger partial charge in [-0.3, -0.25) is 19.1 Å². The third-order valence-electron chi connectivity index (χ3n) is 6.17. The summed E-state index contributed by atoms with van der Waals surface area (Å²) in [6.07, 6.45) is 7.34. The molecular weight excluding hydrogens is 328 g/mol. The first-order chi connectivity index (χ1) is 12.5. The summed E-state index contributed by atoms with van der Waals surface area (Å²) in [6.45, 7) is 3.90. The Bertz CT molecular complexity index is 1020. The van der Waals surface area contributed by atoms with Crippen LogP contribution in [0.15, 0.2) is 17.1 Å². The Morgan fingerprint density at radius 1 is 1.15 bits per heavy atom. The highest BCUT2D eigenvalue weighted by Crippen LogP contribution is 2.40. The molecule has 6 nitrogen and oxygen atoms in total. The van der Waals surface area contributed by atoms with Crippen molar-refractivity contribution in [3.05, 3.63) is 50.7 Å². The van der Waals surface area contributed by atoms with Crippen LogP contribution in [0.4, 0.5) is 11.4 Å². The molecule has 2 aliphatic heterocycles. The second kappa shape index (κ2) is 5.19. The van der Waals surface area contributed by atoms with Crippen molar-refractivity contribution in [3.8, 4) is 0 Å². The van der Waals surface area contributed by atoms with E-state index in [1.54, 1.807) is 4.57 Å². The van der Waals surface area contributed by atoms with E-state index in [4.69, 9.17) is 0 Å². The molecule has 134 valence electrons. The highest BCUT2D eigenvalue weighted by atomic mass is 16.2. The zero-order chi connectivity index (χ0) is 18.1. The second-order valence-corrected chi connectivity index (χ2v) is 7.80. The molecule has 0 radical (unpaired) electrons. The number of carbonyl (C=O) groups excluding carboxylic acids is 1. The fourth-order valence-corrected chi connectivity index (χ4v) is 4.85. The van der Waals surface area contributed by atoms with Crippen LogP contribution in [0.5, 0.6) is 0 Å². The third kappa shape index (κ3) is 1.95. The number of rotatable bonds is 0. The fourth-order valence-electron chi connectivity index (χ4n) is 4.85. The van der Waals surface area contributed by atoms with Gasteiger partial charge in [-0.05, 0) is 62.3 Å². The van der Waals surface area contributed by atoms with E-state index in [-0.39, 0.29) is 11.5 Å². The molecule has 0 saturated heterocycles. The zero-order valence-corrected chi connectivity index (χ0v) is 15.1. The highest BCUT2D eigenvalue weighted by Gasteiger charge is 2.46. The number of hydrogen-bond acceptors (Lipinski definition) is 4. The Balaban J connectivity index is 1.75. The van der Waals surface area contributed by atoms with Gasteiger partial charge in [-0.15, -0.1) is 0 Å². The Hall–Kier alpha value is -2.63. The van der Waals surface area contributed by atoms with Crippen molar-refractivity contribution in [2.45, 2.75) is 58.0 Å². The van der Waals surface area contributed by atoms with E-state index >= 15 is 0 Å². The van der Waals surface area contributed by atoms with Crippen LogP contribution in [0.3, 0.4) is 0 Å². The number of fused-ring (bicyclic) bond motifs is 4. The maximum atomic E-state index is 13.5. The first-order valence-corrected chi connectivity index (χ1v) is 9.34. The number of aryl methyl sites for hydroxylation is 1. The maximum absolute atomic E-state index is 13.5. The molecule has 1 saturated carbocycles. The van der Waals surface area contributed by atoms with Crippen LogP contribution in [-0.2, 0) is 12.1 Å². The van der Waals surface area contributed by atoms with Gasteiger partial charge in [0.25, 0.3) is 11.5 Å². The summed E-state index contributed by atoms with van der Waals surface area (Å²) >= 11 is 0. The number of aromatic nitrogens is 2. The van der Waals surface area contributed by atoms with Crippen LogP contribution >= 0.6 is 0 Å². The van der Waals surface area contributed by atoms with Crippen LogP contribution in [0, 0.1) is 13.8 Å². The van der Waals surface area contributed by atoms with Crippen molar-refractivity contribution in [2.75, 3.05) is 5.32 Å². The van der Waals surface area contributed by atoms with Crippen molar-refractivity contribution >= 4 is 17.3 Å². The van der Waals surface area contributed by atoms with E-state index in [0.29, 0.717) is 17.8 Å². The Morgan fingerprint density at radius 2 is 1.92 bits per heavy atom. The fraction of sp³-hybridized carbons (Fsp3) is 0.450. The average molecular weight is 350 g/mol. The van der Waals surface area contributed by atoms with Crippen molar-refractivity contribution in [3.63, 3.8) is 0 Å². The summed E-state index contributed by atoms with van der Waals surface area (Å²) in [5.74, 6) is -0.114. The molecule has 0 aromatic carbocycles. The Labute approximate surface area is 151 Å². The van der Waals surface area contributed by atoms with E-state index in [1.807, 2.05) is 26.1 Å². The molecule has 2 aromatic rings. The maximum Gasteiger partial charge on any atom is 0.277 e. The van der Waals surface area contributed by atoms with E-state index < -0.39 is 5.66 Å². The van der Waals surface area contributed by atoms with Crippen LogP contribution < -0.4 is 16.2 Å². The van der Waals surface area contributed by atoms with Gasteiger partial charge in [0.05, 0.1) is 0 Å². The number of anilines is 2. The van der Waals surface area contributed by atoms with E-state index in [9.17, 15) is 9.59 Å². The molecule has 2 aromatic heterocycles. The largest absolute Gasteiger partial charge is 0.350 e. The van der Waals surface area contributed by atoms with Gasteiger partial charge in [0.15, 0.2) is 0 Å². The molecule has 1 spiro atoms. The topological polar surface area (TPSA) is 76.0 Å². The number of nitrogens with zero attached hydrogens (tertiary/aromatic N) is 2. The lowest BCUT2D eigenvalue weighted by Crippen LogP contribution is -2.49. The molecule has 4 heterocycles. The summed E-state index contributed by atoms with van der Waals surface area (Å²) in [5.41, 5.74) is 5.27. The summed E-state index contributed by atoms with van der Waals surface area (Å²) in [6, 6.07) is 1.98. The minimum Gasteiger partial charge on any atom is -0.350 e. The van der Waals surface area contributed by atoms with E-state index in [0.717, 1.165) is 60.2 Å². The van der Waals surface area contributed by atoms with Gasteiger partial charge in [0.1, 0.15) is 17.0 Å². The number of carbonyl (C=O) groups is 1. The molecule has 3 aliphatic rings. The lowest BCUT2D eigenvalue weighted by molar-refractivity contribution is 0.0876. The quantitative estimate of drug-likeness (QED) is 0.654. The van der Waals surface area contributed by atoms with Gasteiger partial charge in [-0.2, -0.15) is 0 Å². The third-order valence-corrected chi connectivity index (χ3v) is 6.17. The standard InChI is InChI=1S/C20H22N4O2/c1-11-8-15-13(10-21-11)9-14-12(2)17-18(25)23-20(6-4-3-5-7-20)24(17)19(26)16(14)22-15/h8,10,22H,3-7,9H2,1-2H3,(H,23,25). The van der Waals surface area contributed by atoms with Crippen LogP contribution in [0.25, 0.3) is 0 Å². The van der Waals surface area contributed by atoms with Gasteiger partial charge in [0, 0.05) is 24.0 Å². The molecular formula is C20H22N4O2. The lowest BCUT2D eigenvalue weighted by Gasteiger charge is -2.36. The van der Waals surface area contributed by atoms with Gasteiger partial charge in [-0.1, -0.05) is 6.42 Å². The molecule has 5 rings (SSSR count). The van der Waals surface area contributed by atoms with Crippen LogP contribution in [0.2, 0.25) is 0 Å². The smallest absolute Gasteiger partial charge is 0.277 e. The van der Waals surface area contributed by atoms with Crippen molar-refractivity contribution in [2.24, 2.45) is 0 Å². The summed E-state index contributed by atoms with van der Waals surface area (Å²) < 4.78 is 1.76. The molecule has 6 heteroatoms. The Morgan fingerprint density at radius 3 is 2.69 bits per heavy atom. The van der Waals surface area contributed by atoms with Gasteiger partial charge < -0.3 is 10.6 Å². The lowest BCUT2D eigenvalue weighted by atomic mass is 9.88. The van der Waals surface area contributed by atoms with E-state index in [1.165, 1.54) is 0 Å². The Kier molecular flexibility index (Phi) is 3.12. The highest BCUT2D eigenvalue weighted by molar-refractivity contribution is 5.98. The number of amides is 1. The zero-order valence-electron chi connectivity index (χ0n) is 15.1. The molecule has 26 heavy (non-hydrogen) atoms. The molecule has 1 aliphatic carbocycles. The molecule has 1 fully saturated rings. The molecule has 0 bridgehead atoms. The molecule has 0 unspecified atom stereocenters. The number of nitrogens with one attached hydrogen (secondary N) is 2. The summed E-state index contributed by atoms with van der Waals surface area (Å²) in [7, 11) is 0. The SMILES string of the molecule is Cc1cc2c(cn1)Cc1c(C)c3n(c(=O)c1N2)C1(CCCCC1)NC3=O. The normalized spacial score (nSPS) is 19.4. The first-order valence-electron chi connectivity index (χ1n) is 9.34. The van der Waals surface area contributed by atoms with Crippen molar-refractivity contribution < 1.29 is 4.79 Å². The second-order valence-electron chi connectivity index (χ2n) is 7.80. The first kappa shape index (κ1) is 15.6. The minimum atomic E-state index is -0.544. The minimum absolute atomic E-state index is 0.0824. The van der Waals surface area contributed by atoms with Crippen LogP contribution in [0.1, 0.15) is 65.0 Å². The van der Waals surface area contributed by atoms with E-state index in [2.05, 4.69) is 15.6 Å². The average Bonchev–Trinajstić information content (AvgIpc) is 2.91. The number of pyridine rings is 2. The summed E-state index contributed by atoms with van der Waals surface area (Å²) in [4.78, 5) is 30.6. The van der Waals surface area contributed by atoms with Crippen molar-refractivity contribution in [1.29, 1.82) is 0 Å². The van der Waals surface area contributed by atoms with Gasteiger partial charge >= 0.3 is 0 Å². The number of hydrogen-bond donors (Lipinski definition) is 2. The van der Waals surface area contributed by atoms with Crippen molar-refractivity contribution in [1.82, 2.24) is 14.9 Å². The van der Waals surface area contributed by atoms with Gasteiger partial charge in [0.2, 0.25) is 0 Å². The van der Waals surface area contributed by atoms with Gasteiger partial charge in [-0.25, -0.2) is 0 Å². The molecule has 0 atom stereocenters. The van der Waals surface area contributed by atoms with Crippen LogP contribution in [-0.4, -0.2) is 15.5 Å².